The average molecular weight is 541 g/mol. The van der Waals surface area contributed by atoms with Crippen LogP contribution in [-0.2, 0) is 6.54 Å². The summed E-state index contributed by atoms with van der Waals surface area (Å²) in [6, 6.07) is 4.75. The molecule has 1 aromatic carbocycles. The molecule has 7 nitrogen and oxygen atoms in total. The highest BCUT2D eigenvalue weighted by Gasteiger charge is 2.13. The molecule has 0 amide bonds. The van der Waals surface area contributed by atoms with Crippen LogP contribution in [0.5, 0.6) is 11.5 Å². The highest BCUT2D eigenvalue weighted by molar-refractivity contribution is 14.0. The number of piperazine rings is 1. The van der Waals surface area contributed by atoms with Crippen molar-refractivity contribution < 1.29 is 18.3 Å². The van der Waals surface area contributed by atoms with Crippen molar-refractivity contribution in [3.63, 3.8) is 0 Å². The first-order valence-electron chi connectivity index (χ1n) is 9.99. The minimum Gasteiger partial charge on any atom is -0.497 e. The topological polar surface area (TPSA) is 61.4 Å². The van der Waals surface area contributed by atoms with Crippen LogP contribution in [0.3, 0.4) is 0 Å². The van der Waals surface area contributed by atoms with Gasteiger partial charge in [0.05, 0.1) is 7.11 Å². The number of benzene rings is 1. The second-order valence-electron chi connectivity index (χ2n) is 7.06. The van der Waals surface area contributed by atoms with Crippen LogP contribution in [0.1, 0.15) is 18.4 Å². The van der Waals surface area contributed by atoms with Crippen molar-refractivity contribution >= 4 is 29.9 Å². The molecule has 0 unspecified atom stereocenters. The minimum atomic E-state index is -2.88. The largest absolute Gasteiger partial charge is 0.497 e. The zero-order valence-electron chi connectivity index (χ0n) is 18.0. The van der Waals surface area contributed by atoms with Crippen molar-refractivity contribution in [1.29, 1.82) is 0 Å². The molecule has 1 aromatic rings. The second kappa shape index (κ2) is 14.6. The monoisotopic (exact) mass is 541 g/mol. The number of nitrogens with zero attached hydrogens (tertiary/aromatic N) is 3. The van der Waals surface area contributed by atoms with Crippen molar-refractivity contribution in [2.24, 2.45) is 4.99 Å². The van der Waals surface area contributed by atoms with Crippen molar-refractivity contribution in [3.8, 4) is 11.5 Å². The van der Waals surface area contributed by atoms with Gasteiger partial charge in [0, 0.05) is 51.9 Å². The molecule has 10 heteroatoms. The van der Waals surface area contributed by atoms with Gasteiger partial charge in [-0.1, -0.05) is 0 Å². The summed E-state index contributed by atoms with van der Waals surface area (Å²) >= 11 is 0. The van der Waals surface area contributed by atoms with Crippen LogP contribution in [0.15, 0.2) is 23.2 Å². The Morgan fingerprint density at radius 3 is 2.53 bits per heavy atom. The number of nitrogens with one attached hydrogen (secondary N) is 2. The van der Waals surface area contributed by atoms with Crippen LogP contribution in [0.2, 0.25) is 0 Å². The van der Waals surface area contributed by atoms with Crippen LogP contribution in [-0.4, -0.2) is 82.8 Å². The van der Waals surface area contributed by atoms with E-state index in [1.165, 1.54) is 13.2 Å². The van der Waals surface area contributed by atoms with E-state index in [0.29, 0.717) is 23.8 Å². The number of hydrogen-bond donors (Lipinski definition) is 2. The predicted octanol–water partition coefficient (Wildman–Crippen LogP) is 2.61. The third kappa shape index (κ3) is 9.61. The molecule has 1 aliphatic heterocycles. The number of guanidine groups is 1. The maximum Gasteiger partial charge on any atom is 0.387 e. The predicted molar refractivity (Wildman–Crippen MR) is 126 cm³/mol. The zero-order chi connectivity index (χ0) is 21.1. The standard InChI is InChI=1S/C20H33F2N5O2.HI/c1-23-20(24-8-4-5-9-27-12-10-26(2)11-13-27)25-15-16-14-17(28-3)6-7-18(16)29-19(21)22;/h6-7,14,19H,4-5,8-13,15H2,1-3H3,(H2,23,24,25);1H. The molecule has 0 radical (unpaired) electrons. The summed E-state index contributed by atoms with van der Waals surface area (Å²) in [5.41, 5.74) is 0.572. The highest BCUT2D eigenvalue weighted by Crippen LogP contribution is 2.25. The molecule has 0 spiro atoms. The van der Waals surface area contributed by atoms with Crippen LogP contribution in [0.4, 0.5) is 8.78 Å². The quantitative estimate of drug-likeness (QED) is 0.206. The molecule has 0 bridgehead atoms. The third-order valence-corrected chi connectivity index (χ3v) is 4.94. The number of alkyl halides is 2. The number of aliphatic imine (C=N–C) groups is 1. The number of methoxy groups -OCH3 is 1. The lowest BCUT2D eigenvalue weighted by atomic mass is 10.2. The van der Waals surface area contributed by atoms with Crippen LogP contribution < -0.4 is 20.1 Å². The fourth-order valence-electron chi connectivity index (χ4n) is 3.17. The molecule has 0 aromatic heterocycles. The van der Waals surface area contributed by atoms with E-state index in [2.05, 4.69) is 37.2 Å². The maximum atomic E-state index is 12.6. The van der Waals surface area contributed by atoms with Gasteiger partial charge in [-0.15, -0.1) is 24.0 Å². The Morgan fingerprint density at radius 1 is 1.17 bits per heavy atom. The van der Waals surface area contributed by atoms with E-state index in [-0.39, 0.29) is 29.7 Å². The van der Waals surface area contributed by atoms with E-state index in [1.54, 1.807) is 19.2 Å². The lowest BCUT2D eigenvalue weighted by Crippen LogP contribution is -2.44. The molecule has 2 N–H and O–H groups in total. The molecule has 30 heavy (non-hydrogen) atoms. The Hall–Kier alpha value is -1.40. The van der Waals surface area contributed by atoms with Crippen LogP contribution >= 0.6 is 24.0 Å². The van der Waals surface area contributed by atoms with Gasteiger partial charge in [-0.25, -0.2) is 0 Å². The Morgan fingerprint density at radius 2 is 1.90 bits per heavy atom. The molecular formula is C20H34F2IN5O2. The van der Waals surface area contributed by atoms with Gasteiger partial charge in [-0.2, -0.15) is 8.78 Å². The highest BCUT2D eigenvalue weighted by atomic mass is 127. The molecule has 1 saturated heterocycles. The van der Waals surface area contributed by atoms with E-state index >= 15 is 0 Å². The summed E-state index contributed by atoms with van der Waals surface area (Å²) in [6.07, 6.45) is 2.15. The average Bonchev–Trinajstić information content (AvgIpc) is 2.71. The van der Waals surface area contributed by atoms with Gasteiger partial charge < -0.3 is 29.9 Å². The molecule has 1 fully saturated rings. The van der Waals surface area contributed by atoms with E-state index in [0.717, 1.165) is 52.1 Å². The fourth-order valence-corrected chi connectivity index (χ4v) is 3.17. The SMILES string of the molecule is CN=C(NCCCCN1CCN(C)CC1)NCc1cc(OC)ccc1OC(F)F.I. The first kappa shape index (κ1) is 26.6. The maximum absolute atomic E-state index is 12.6. The lowest BCUT2D eigenvalue weighted by molar-refractivity contribution is -0.0504. The zero-order valence-corrected chi connectivity index (χ0v) is 20.3. The summed E-state index contributed by atoms with van der Waals surface area (Å²) in [6.45, 7) is 3.87. The van der Waals surface area contributed by atoms with Crippen molar-refractivity contribution in [2.75, 3.05) is 60.5 Å². The van der Waals surface area contributed by atoms with Gasteiger partial charge in [0.15, 0.2) is 5.96 Å². The van der Waals surface area contributed by atoms with Gasteiger partial charge in [-0.05, 0) is 44.6 Å². The van der Waals surface area contributed by atoms with Crippen molar-refractivity contribution in [3.05, 3.63) is 23.8 Å². The summed E-state index contributed by atoms with van der Waals surface area (Å²) in [4.78, 5) is 9.05. The third-order valence-electron chi connectivity index (χ3n) is 4.94. The molecule has 2 rings (SSSR count). The number of ether oxygens (including phenoxy) is 2. The molecule has 1 aliphatic rings. The smallest absolute Gasteiger partial charge is 0.387 e. The van der Waals surface area contributed by atoms with Gasteiger partial charge in [0.25, 0.3) is 0 Å². The van der Waals surface area contributed by atoms with Gasteiger partial charge in [-0.3, -0.25) is 4.99 Å². The Bertz CT molecular complexity index is 644. The molecule has 1 heterocycles. The number of rotatable bonds is 10. The molecule has 0 atom stereocenters. The van der Waals surface area contributed by atoms with Crippen molar-refractivity contribution in [1.82, 2.24) is 20.4 Å². The minimum absolute atomic E-state index is 0. The Kier molecular flexibility index (Phi) is 12.9. The number of likely N-dealkylation sites (N-methyl/N-ethyl adjacent to an activating group) is 1. The molecular weight excluding hydrogens is 507 g/mol. The summed E-state index contributed by atoms with van der Waals surface area (Å²) in [5, 5.41) is 6.40. The summed E-state index contributed by atoms with van der Waals surface area (Å²) in [5.74, 6) is 1.32. The van der Waals surface area contributed by atoms with Crippen LogP contribution in [0, 0.1) is 0 Å². The van der Waals surface area contributed by atoms with Gasteiger partial charge >= 0.3 is 6.61 Å². The van der Waals surface area contributed by atoms with Crippen molar-refractivity contribution in [2.45, 2.75) is 26.0 Å². The molecule has 172 valence electrons. The number of halogens is 3. The van der Waals surface area contributed by atoms with E-state index in [9.17, 15) is 8.78 Å². The van der Waals surface area contributed by atoms with Gasteiger partial charge in [0.1, 0.15) is 11.5 Å². The molecule has 0 aliphatic carbocycles. The first-order valence-corrected chi connectivity index (χ1v) is 9.99. The van der Waals surface area contributed by atoms with Crippen LogP contribution in [0.25, 0.3) is 0 Å². The van der Waals surface area contributed by atoms with E-state index < -0.39 is 6.61 Å². The van der Waals surface area contributed by atoms with Gasteiger partial charge in [0.2, 0.25) is 0 Å². The second-order valence-corrected chi connectivity index (χ2v) is 7.06. The van der Waals surface area contributed by atoms with E-state index in [4.69, 9.17) is 4.74 Å². The van der Waals surface area contributed by atoms with E-state index in [1.807, 2.05) is 0 Å². The number of unbranched alkanes of at least 4 members (excludes halogenated alkanes) is 1. The Balaban J connectivity index is 0.00000450. The first-order chi connectivity index (χ1) is 14.0. The lowest BCUT2D eigenvalue weighted by Gasteiger charge is -2.32. The number of hydrogen-bond acceptors (Lipinski definition) is 5. The summed E-state index contributed by atoms with van der Waals surface area (Å²) in [7, 11) is 5.37. The summed E-state index contributed by atoms with van der Waals surface area (Å²) < 4.78 is 35.0. The Labute approximate surface area is 195 Å². The fraction of sp³-hybridized carbons (Fsp3) is 0.650. The molecule has 0 saturated carbocycles. The normalized spacial score (nSPS) is 15.6.